The van der Waals surface area contributed by atoms with Gasteiger partial charge in [0, 0.05) is 51.0 Å². The first-order chi connectivity index (χ1) is 10.5. The van der Waals surface area contributed by atoms with Crippen molar-refractivity contribution in [1.82, 2.24) is 14.5 Å². The molecule has 0 amide bonds. The van der Waals surface area contributed by atoms with Crippen molar-refractivity contribution < 1.29 is 0 Å². The van der Waals surface area contributed by atoms with E-state index in [1.54, 1.807) is 0 Å². The van der Waals surface area contributed by atoms with Gasteiger partial charge < -0.3 is 9.88 Å². The first-order valence-corrected chi connectivity index (χ1v) is 8.20. The highest BCUT2D eigenvalue weighted by molar-refractivity contribution is 5.85. The summed E-state index contributed by atoms with van der Waals surface area (Å²) < 4.78 is 1.94. The number of anilines is 1. The molecule has 1 N–H and O–H groups in total. The fourth-order valence-corrected chi connectivity index (χ4v) is 3.68. The third-order valence-corrected chi connectivity index (χ3v) is 5.12. The van der Waals surface area contributed by atoms with Gasteiger partial charge in [-0.05, 0) is 37.8 Å². The maximum absolute atomic E-state index is 12.4. The molecule has 0 unspecified atom stereocenters. The maximum atomic E-state index is 12.4. The van der Waals surface area contributed by atoms with Crippen molar-refractivity contribution in [2.45, 2.75) is 38.9 Å². The van der Waals surface area contributed by atoms with E-state index in [9.17, 15) is 4.79 Å². The number of rotatable bonds is 3. The summed E-state index contributed by atoms with van der Waals surface area (Å²) in [4.78, 5) is 20.1. The zero-order valence-electron chi connectivity index (χ0n) is 13.6. The number of hydrogen-bond donors (Lipinski definition) is 1. The Morgan fingerprint density at radius 3 is 2.77 bits per heavy atom. The molecule has 1 saturated carbocycles. The molecule has 2 aliphatic rings. The van der Waals surface area contributed by atoms with Crippen molar-refractivity contribution in [3.8, 4) is 0 Å². The van der Waals surface area contributed by atoms with Crippen LogP contribution in [0.3, 0.4) is 0 Å². The van der Waals surface area contributed by atoms with Gasteiger partial charge in [0.05, 0.1) is 11.0 Å². The second kappa shape index (κ2) is 4.88. The highest BCUT2D eigenvalue weighted by atomic mass is 16.1. The summed E-state index contributed by atoms with van der Waals surface area (Å²) in [5, 5.41) is 0. The zero-order chi connectivity index (χ0) is 15.4. The predicted molar refractivity (Wildman–Crippen MR) is 89.5 cm³/mol. The molecule has 0 radical (unpaired) electrons. The fraction of sp³-hybridized carbons (Fsp3) is 0.588. The quantitative estimate of drug-likeness (QED) is 0.943. The molecular formula is C17H24N4O. The lowest BCUT2D eigenvalue weighted by Crippen LogP contribution is -2.37. The van der Waals surface area contributed by atoms with Crippen LogP contribution in [0.15, 0.2) is 16.9 Å². The zero-order valence-corrected chi connectivity index (χ0v) is 13.6. The Balaban J connectivity index is 1.88. The Hall–Kier alpha value is -1.75. The molecule has 1 aliphatic carbocycles. The molecule has 118 valence electrons. The molecule has 1 aromatic carbocycles. The van der Waals surface area contributed by atoms with E-state index < -0.39 is 0 Å². The Bertz CT molecular complexity index is 769. The molecule has 2 aromatic rings. The van der Waals surface area contributed by atoms with Crippen LogP contribution in [-0.4, -0.2) is 41.1 Å². The van der Waals surface area contributed by atoms with Crippen LogP contribution in [0.4, 0.5) is 5.69 Å². The summed E-state index contributed by atoms with van der Waals surface area (Å²) in [6, 6.07) is 4.55. The van der Waals surface area contributed by atoms with Crippen LogP contribution in [-0.2, 0) is 13.1 Å². The minimum Gasteiger partial charge on any atom is -0.377 e. The van der Waals surface area contributed by atoms with Crippen molar-refractivity contribution in [2.24, 2.45) is 5.92 Å². The lowest BCUT2D eigenvalue weighted by atomic mass is 10.1. The summed E-state index contributed by atoms with van der Waals surface area (Å²) >= 11 is 0. The van der Waals surface area contributed by atoms with Crippen molar-refractivity contribution in [3.05, 3.63) is 28.2 Å². The predicted octanol–water partition coefficient (Wildman–Crippen LogP) is 2.01. The molecule has 2 heterocycles. The Morgan fingerprint density at radius 2 is 2.09 bits per heavy atom. The van der Waals surface area contributed by atoms with Gasteiger partial charge in [-0.3, -0.25) is 9.47 Å². The van der Waals surface area contributed by atoms with Crippen LogP contribution in [0.5, 0.6) is 0 Å². The van der Waals surface area contributed by atoms with E-state index in [0.717, 1.165) is 36.6 Å². The van der Waals surface area contributed by atoms with Crippen LogP contribution in [0.2, 0.25) is 0 Å². The molecule has 1 atom stereocenters. The summed E-state index contributed by atoms with van der Waals surface area (Å²) in [5.41, 5.74) is 4.58. The van der Waals surface area contributed by atoms with Gasteiger partial charge in [-0.2, -0.15) is 0 Å². The minimum atomic E-state index is 0.0206. The lowest BCUT2D eigenvalue weighted by Gasteiger charge is -2.28. The van der Waals surface area contributed by atoms with Gasteiger partial charge >= 0.3 is 5.69 Å². The summed E-state index contributed by atoms with van der Waals surface area (Å²) in [5.74, 6) is 0.861. The second-order valence-electron chi connectivity index (χ2n) is 7.12. The molecule has 1 aliphatic heterocycles. The number of H-pyrrole nitrogens is 1. The number of hydrogen-bond acceptors (Lipinski definition) is 3. The van der Waals surface area contributed by atoms with Crippen LogP contribution in [0, 0.1) is 5.92 Å². The Labute approximate surface area is 130 Å². The molecule has 5 nitrogen and oxygen atoms in total. The van der Waals surface area contributed by atoms with Crippen LogP contribution < -0.4 is 10.6 Å². The van der Waals surface area contributed by atoms with Gasteiger partial charge in [-0.25, -0.2) is 4.79 Å². The van der Waals surface area contributed by atoms with Crippen molar-refractivity contribution in [2.75, 3.05) is 25.5 Å². The van der Waals surface area contributed by atoms with Crippen LogP contribution in [0.25, 0.3) is 11.0 Å². The molecular weight excluding hydrogens is 276 g/mol. The van der Waals surface area contributed by atoms with Crippen LogP contribution in [0.1, 0.15) is 25.3 Å². The number of benzene rings is 1. The number of nitrogens with zero attached hydrogens (tertiary/aromatic N) is 3. The molecule has 5 heteroatoms. The second-order valence-corrected chi connectivity index (χ2v) is 7.12. The first-order valence-electron chi connectivity index (χ1n) is 8.20. The third-order valence-electron chi connectivity index (χ3n) is 5.12. The van der Waals surface area contributed by atoms with E-state index in [1.807, 2.05) is 10.6 Å². The number of nitrogens with one attached hydrogen (secondary N) is 1. The minimum absolute atomic E-state index is 0.0206. The highest BCUT2D eigenvalue weighted by Crippen LogP contribution is 2.35. The normalized spacial score (nSPS) is 22.0. The average molecular weight is 300 g/mol. The van der Waals surface area contributed by atoms with Crippen molar-refractivity contribution >= 4 is 16.7 Å². The molecule has 22 heavy (non-hydrogen) atoms. The number of imidazole rings is 1. The van der Waals surface area contributed by atoms with E-state index in [1.165, 1.54) is 24.1 Å². The monoisotopic (exact) mass is 300 g/mol. The lowest BCUT2D eigenvalue weighted by molar-refractivity contribution is 0.181. The van der Waals surface area contributed by atoms with Gasteiger partial charge in [0.15, 0.2) is 0 Å². The third kappa shape index (κ3) is 2.15. The van der Waals surface area contributed by atoms with E-state index in [2.05, 4.69) is 41.9 Å². The molecule has 1 aromatic heterocycles. The van der Waals surface area contributed by atoms with E-state index >= 15 is 0 Å². The van der Waals surface area contributed by atoms with Gasteiger partial charge in [0.1, 0.15) is 0 Å². The van der Waals surface area contributed by atoms with Gasteiger partial charge in [0.25, 0.3) is 0 Å². The Morgan fingerprint density at radius 1 is 1.32 bits per heavy atom. The van der Waals surface area contributed by atoms with E-state index in [0.29, 0.717) is 6.04 Å². The van der Waals surface area contributed by atoms with E-state index in [4.69, 9.17) is 0 Å². The SMILES string of the molecule is C[C@H]1Cn2c(=O)[nH]c3ccc(N(C)C)c(c32)CN1CC1CC1. The van der Waals surface area contributed by atoms with Crippen molar-refractivity contribution in [1.29, 1.82) is 0 Å². The largest absolute Gasteiger partial charge is 0.377 e. The fourth-order valence-electron chi connectivity index (χ4n) is 3.68. The van der Waals surface area contributed by atoms with Gasteiger partial charge in [0.2, 0.25) is 0 Å². The molecule has 0 saturated heterocycles. The maximum Gasteiger partial charge on any atom is 0.326 e. The van der Waals surface area contributed by atoms with Gasteiger partial charge in [-0.1, -0.05) is 0 Å². The van der Waals surface area contributed by atoms with Gasteiger partial charge in [-0.15, -0.1) is 0 Å². The summed E-state index contributed by atoms with van der Waals surface area (Å²) in [6.07, 6.45) is 2.72. The van der Waals surface area contributed by atoms with Crippen LogP contribution >= 0.6 is 0 Å². The molecule has 0 spiro atoms. The topological polar surface area (TPSA) is 44.3 Å². The number of aromatic nitrogens is 2. The summed E-state index contributed by atoms with van der Waals surface area (Å²) in [7, 11) is 4.15. The average Bonchev–Trinajstić information content (AvgIpc) is 3.23. The molecule has 1 fully saturated rings. The van der Waals surface area contributed by atoms with Crippen molar-refractivity contribution in [3.63, 3.8) is 0 Å². The number of aromatic amines is 1. The summed E-state index contributed by atoms with van der Waals surface area (Å²) in [6.45, 7) is 5.11. The first kappa shape index (κ1) is 13.9. The Kier molecular flexibility index (Phi) is 3.08. The smallest absolute Gasteiger partial charge is 0.326 e. The standard InChI is InChI=1S/C17H24N4O/c1-11-8-21-16-13(10-20(11)9-12-4-5-12)15(19(2)3)7-6-14(16)18-17(21)22/h6-7,11-12H,4-5,8-10H2,1-3H3,(H,18,22)/t11-/m0/s1. The molecule has 0 bridgehead atoms. The molecule has 4 rings (SSSR count). The highest BCUT2D eigenvalue weighted by Gasteiger charge is 2.31. The van der Waals surface area contributed by atoms with E-state index in [-0.39, 0.29) is 5.69 Å².